The molecule has 3 aromatic rings. The summed E-state index contributed by atoms with van der Waals surface area (Å²) >= 11 is 0. The maximum absolute atomic E-state index is 11.8. The first kappa shape index (κ1) is 13.7. The highest BCUT2D eigenvalue weighted by molar-refractivity contribution is 5.41. The largest absolute Gasteiger partial charge is 0.306 e. The molecule has 0 saturated heterocycles. The lowest BCUT2D eigenvalue weighted by atomic mass is 10.2. The number of imidazole rings is 1. The fourth-order valence-electron chi connectivity index (χ4n) is 2.12. The molecule has 22 heavy (non-hydrogen) atoms. The first-order chi connectivity index (χ1) is 10.8. The molecule has 2 heterocycles. The van der Waals surface area contributed by atoms with Crippen molar-refractivity contribution >= 4 is 0 Å². The number of hydrogen-bond acceptors (Lipinski definition) is 3. The lowest BCUT2D eigenvalue weighted by molar-refractivity contribution is 0.983. The lowest BCUT2D eigenvalue weighted by Crippen LogP contribution is -2.15. The fraction of sp³-hybridized carbons (Fsp3) is 0.0667. The number of azide groups is 1. The molecule has 0 spiro atoms. The van der Waals surface area contributed by atoms with Crippen LogP contribution >= 0.6 is 0 Å². The Bertz CT molecular complexity index is 887. The lowest BCUT2D eigenvalue weighted by Gasteiger charge is -2.07. The highest BCUT2D eigenvalue weighted by Gasteiger charge is 2.02. The van der Waals surface area contributed by atoms with Gasteiger partial charge >= 0.3 is 0 Å². The Morgan fingerprint density at radius 1 is 1.14 bits per heavy atom. The number of rotatable bonds is 4. The van der Waals surface area contributed by atoms with E-state index in [2.05, 4.69) is 15.0 Å². The van der Waals surface area contributed by atoms with E-state index in [0.717, 1.165) is 11.4 Å². The second kappa shape index (κ2) is 5.99. The van der Waals surface area contributed by atoms with Crippen molar-refractivity contribution in [3.63, 3.8) is 0 Å². The van der Waals surface area contributed by atoms with Gasteiger partial charge in [-0.1, -0.05) is 11.2 Å². The van der Waals surface area contributed by atoms with E-state index in [9.17, 15) is 4.79 Å². The van der Waals surface area contributed by atoms with E-state index in [-0.39, 0.29) is 12.1 Å². The summed E-state index contributed by atoms with van der Waals surface area (Å²) in [6.45, 7) is 0.223. The Hall–Kier alpha value is -3.31. The second-order valence-electron chi connectivity index (χ2n) is 4.59. The van der Waals surface area contributed by atoms with Crippen molar-refractivity contribution in [2.24, 2.45) is 5.11 Å². The van der Waals surface area contributed by atoms with E-state index in [1.807, 2.05) is 34.9 Å². The molecule has 0 fully saturated rings. The van der Waals surface area contributed by atoms with Gasteiger partial charge in [0.1, 0.15) is 0 Å². The third-order valence-electron chi connectivity index (χ3n) is 3.18. The van der Waals surface area contributed by atoms with Crippen molar-refractivity contribution in [3.8, 4) is 11.4 Å². The zero-order valence-electron chi connectivity index (χ0n) is 11.6. The number of benzene rings is 1. The van der Waals surface area contributed by atoms with Gasteiger partial charge in [-0.2, -0.15) is 0 Å². The normalized spacial score (nSPS) is 10.2. The number of pyridine rings is 1. The third-order valence-corrected chi connectivity index (χ3v) is 3.18. The summed E-state index contributed by atoms with van der Waals surface area (Å²) in [6.07, 6.45) is 5.19. The monoisotopic (exact) mass is 292 g/mol. The van der Waals surface area contributed by atoms with Crippen LogP contribution in [-0.2, 0) is 6.54 Å². The summed E-state index contributed by atoms with van der Waals surface area (Å²) in [5.41, 5.74) is 10.6. The minimum Gasteiger partial charge on any atom is -0.306 e. The van der Waals surface area contributed by atoms with Crippen LogP contribution in [0.15, 0.2) is 71.1 Å². The molecule has 0 bridgehead atoms. The Kier molecular flexibility index (Phi) is 3.72. The van der Waals surface area contributed by atoms with E-state index in [4.69, 9.17) is 5.53 Å². The van der Waals surface area contributed by atoms with E-state index in [1.54, 1.807) is 29.4 Å². The fourth-order valence-corrected chi connectivity index (χ4v) is 2.12. The van der Waals surface area contributed by atoms with Crippen LogP contribution in [0, 0.1) is 0 Å². The average molecular weight is 292 g/mol. The van der Waals surface area contributed by atoms with Gasteiger partial charge in [0.05, 0.1) is 18.6 Å². The van der Waals surface area contributed by atoms with Gasteiger partial charge in [0.25, 0.3) is 5.56 Å². The predicted octanol–water partition coefficient (Wildman–Crippen LogP) is 2.83. The highest BCUT2D eigenvalue weighted by Crippen LogP contribution is 2.13. The first-order valence-electron chi connectivity index (χ1n) is 6.60. The van der Waals surface area contributed by atoms with Crippen LogP contribution in [-0.4, -0.2) is 14.1 Å². The number of nitrogens with zero attached hydrogens (tertiary/aromatic N) is 6. The summed E-state index contributed by atoms with van der Waals surface area (Å²) in [5, 5.41) is 3.48. The van der Waals surface area contributed by atoms with Crippen LogP contribution in [0.1, 0.15) is 5.69 Å². The number of hydrogen-bond donors (Lipinski definition) is 0. The molecule has 1 aromatic carbocycles. The van der Waals surface area contributed by atoms with Crippen molar-refractivity contribution in [2.45, 2.75) is 6.54 Å². The van der Waals surface area contributed by atoms with Gasteiger partial charge in [0, 0.05) is 34.7 Å². The maximum atomic E-state index is 11.8. The van der Waals surface area contributed by atoms with E-state index < -0.39 is 0 Å². The molecule has 7 nitrogen and oxygen atoms in total. The van der Waals surface area contributed by atoms with Crippen LogP contribution < -0.4 is 5.56 Å². The smallest absolute Gasteiger partial charge is 0.255 e. The standard InChI is InChI=1S/C15H12N6O/c16-19-18-9-12-10-20(11-17-12)13-4-6-14(7-5-13)21-8-2-1-3-15(21)22/h1-8,10-11H,9H2. The van der Waals surface area contributed by atoms with Crippen molar-refractivity contribution in [2.75, 3.05) is 0 Å². The van der Waals surface area contributed by atoms with Gasteiger partial charge in [-0.05, 0) is 35.9 Å². The third kappa shape index (κ3) is 2.74. The van der Waals surface area contributed by atoms with Crippen LogP contribution in [0.4, 0.5) is 0 Å². The van der Waals surface area contributed by atoms with E-state index >= 15 is 0 Å². The quantitative estimate of drug-likeness (QED) is 0.420. The maximum Gasteiger partial charge on any atom is 0.255 e. The van der Waals surface area contributed by atoms with Gasteiger partial charge < -0.3 is 4.57 Å². The summed E-state index contributed by atoms with van der Waals surface area (Å²) in [4.78, 5) is 18.7. The molecular formula is C15H12N6O. The Balaban J connectivity index is 1.88. The molecule has 0 amide bonds. The van der Waals surface area contributed by atoms with Crippen LogP contribution in [0.5, 0.6) is 0 Å². The molecule has 0 aliphatic heterocycles. The minimum atomic E-state index is -0.0745. The molecule has 3 rings (SSSR count). The summed E-state index contributed by atoms with van der Waals surface area (Å²) in [6, 6.07) is 12.6. The van der Waals surface area contributed by atoms with Crippen molar-refractivity contribution < 1.29 is 0 Å². The molecule has 108 valence electrons. The first-order valence-corrected chi connectivity index (χ1v) is 6.60. The second-order valence-corrected chi connectivity index (χ2v) is 4.59. The van der Waals surface area contributed by atoms with Crippen molar-refractivity contribution in [1.29, 1.82) is 0 Å². The van der Waals surface area contributed by atoms with Gasteiger partial charge in [-0.15, -0.1) is 0 Å². The summed E-state index contributed by atoms with van der Waals surface area (Å²) in [7, 11) is 0. The predicted molar refractivity (Wildman–Crippen MR) is 82.0 cm³/mol. The van der Waals surface area contributed by atoms with Gasteiger partial charge in [0.2, 0.25) is 0 Å². The van der Waals surface area contributed by atoms with Gasteiger partial charge in [-0.25, -0.2) is 4.98 Å². The molecular weight excluding hydrogens is 280 g/mol. The van der Waals surface area contributed by atoms with E-state index in [0.29, 0.717) is 5.69 Å². The summed E-state index contributed by atoms with van der Waals surface area (Å²) in [5.74, 6) is 0. The molecule has 2 aromatic heterocycles. The summed E-state index contributed by atoms with van der Waals surface area (Å²) < 4.78 is 3.41. The average Bonchev–Trinajstić information content (AvgIpc) is 3.02. The molecule has 0 aliphatic carbocycles. The van der Waals surface area contributed by atoms with Crippen LogP contribution in [0.25, 0.3) is 21.8 Å². The van der Waals surface area contributed by atoms with Crippen LogP contribution in [0.3, 0.4) is 0 Å². The van der Waals surface area contributed by atoms with Crippen LogP contribution in [0.2, 0.25) is 0 Å². The molecule has 7 heteroatoms. The van der Waals surface area contributed by atoms with Gasteiger partial charge in [0.15, 0.2) is 0 Å². The van der Waals surface area contributed by atoms with Crippen molar-refractivity contribution in [1.82, 2.24) is 14.1 Å². The Labute approximate surface area is 125 Å². The molecule has 0 radical (unpaired) electrons. The zero-order valence-corrected chi connectivity index (χ0v) is 11.6. The molecule has 0 unspecified atom stereocenters. The Morgan fingerprint density at radius 2 is 1.91 bits per heavy atom. The highest BCUT2D eigenvalue weighted by atomic mass is 16.1. The topological polar surface area (TPSA) is 88.6 Å². The molecule has 0 saturated carbocycles. The van der Waals surface area contributed by atoms with E-state index in [1.165, 1.54) is 6.07 Å². The SMILES string of the molecule is [N-]=[N+]=NCc1cn(-c2ccc(-n3ccccc3=O)cc2)cn1. The van der Waals surface area contributed by atoms with Crippen molar-refractivity contribution in [3.05, 3.63) is 87.7 Å². The minimum absolute atomic E-state index is 0.0745. The molecule has 0 atom stereocenters. The molecule has 0 aliphatic rings. The molecule has 0 N–H and O–H groups in total. The Morgan fingerprint density at radius 3 is 2.64 bits per heavy atom. The number of aromatic nitrogens is 3. The zero-order chi connectivity index (χ0) is 15.4. The van der Waals surface area contributed by atoms with Gasteiger partial charge in [-0.3, -0.25) is 9.36 Å².